The molecular weight excluding hydrogens is 376 g/mol. The first-order valence-corrected chi connectivity index (χ1v) is 10.6. The Balaban J connectivity index is 2.31. The highest BCUT2D eigenvalue weighted by atomic mass is 32.2. The van der Waals surface area contributed by atoms with E-state index in [2.05, 4.69) is 5.32 Å². The Bertz CT molecular complexity index is 873. The Kier molecular flexibility index (Phi) is 7.21. The topological polar surface area (TPSA) is 75.7 Å². The van der Waals surface area contributed by atoms with Crippen LogP contribution in [0.2, 0.25) is 0 Å². The van der Waals surface area contributed by atoms with Crippen LogP contribution in [-0.2, 0) is 21.4 Å². The molecule has 0 radical (unpaired) electrons. The molecular formula is C21H28N2O4S. The highest BCUT2D eigenvalue weighted by Gasteiger charge is 2.28. The summed E-state index contributed by atoms with van der Waals surface area (Å²) in [7, 11) is -3.86. The summed E-state index contributed by atoms with van der Waals surface area (Å²) in [6.45, 7) is 7.77. The molecule has 0 saturated heterocycles. The second-order valence-electron chi connectivity index (χ2n) is 7.46. The Hall–Kier alpha value is -2.38. The van der Waals surface area contributed by atoms with Crippen LogP contribution in [0.5, 0.6) is 5.75 Å². The molecule has 0 aliphatic heterocycles. The summed E-state index contributed by atoms with van der Waals surface area (Å²) in [5, 5.41) is 2.82. The van der Waals surface area contributed by atoms with Gasteiger partial charge in [-0.1, -0.05) is 30.3 Å². The Morgan fingerprint density at radius 3 is 2.18 bits per heavy atom. The number of benzene rings is 2. The summed E-state index contributed by atoms with van der Waals surface area (Å²) < 4.78 is 33.0. The van der Waals surface area contributed by atoms with Gasteiger partial charge in [0.05, 0.1) is 18.0 Å². The number of hydrogen-bond donors (Lipinski definition) is 1. The van der Waals surface area contributed by atoms with E-state index in [1.807, 2.05) is 58.0 Å². The van der Waals surface area contributed by atoms with Gasteiger partial charge in [0.2, 0.25) is 15.9 Å². The molecule has 0 bridgehead atoms. The molecule has 0 aliphatic carbocycles. The zero-order valence-corrected chi connectivity index (χ0v) is 17.6. The molecule has 6 nitrogen and oxygen atoms in total. The number of hydrogen-bond acceptors (Lipinski definition) is 4. The molecule has 0 aromatic heterocycles. The lowest BCUT2D eigenvalue weighted by Crippen LogP contribution is -2.47. The first kappa shape index (κ1) is 21.9. The van der Waals surface area contributed by atoms with E-state index < -0.39 is 15.6 Å². The molecule has 152 valence electrons. The van der Waals surface area contributed by atoms with Gasteiger partial charge in [0.25, 0.3) is 0 Å². The fourth-order valence-corrected chi connectivity index (χ4v) is 4.04. The highest BCUT2D eigenvalue weighted by Crippen LogP contribution is 2.21. The second kappa shape index (κ2) is 9.21. The quantitative estimate of drug-likeness (QED) is 0.733. The van der Waals surface area contributed by atoms with E-state index in [1.54, 1.807) is 12.1 Å². The minimum Gasteiger partial charge on any atom is -0.494 e. The van der Waals surface area contributed by atoms with Crippen LogP contribution in [-0.4, -0.2) is 37.3 Å². The molecule has 0 heterocycles. The minimum atomic E-state index is -3.86. The number of rotatable bonds is 8. The van der Waals surface area contributed by atoms with Crippen molar-refractivity contribution in [2.45, 2.75) is 44.7 Å². The number of amides is 1. The highest BCUT2D eigenvalue weighted by molar-refractivity contribution is 7.89. The molecule has 0 atom stereocenters. The van der Waals surface area contributed by atoms with Gasteiger partial charge in [-0.25, -0.2) is 8.42 Å². The number of carbonyl (C=O) groups excluding carboxylic acids is 1. The lowest BCUT2D eigenvalue weighted by Gasteiger charge is -2.25. The number of nitrogens with one attached hydrogen (secondary N) is 1. The fraction of sp³-hybridized carbons (Fsp3) is 0.381. The van der Waals surface area contributed by atoms with Gasteiger partial charge >= 0.3 is 0 Å². The first-order valence-electron chi connectivity index (χ1n) is 9.20. The molecule has 1 amide bonds. The van der Waals surface area contributed by atoms with E-state index in [0.717, 1.165) is 5.56 Å². The number of nitrogens with zero attached hydrogens (tertiary/aromatic N) is 1. The third-order valence-corrected chi connectivity index (χ3v) is 5.61. The van der Waals surface area contributed by atoms with Gasteiger partial charge in [-0.3, -0.25) is 4.79 Å². The molecule has 0 saturated carbocycles. The molecule has 0 fully saturated rings. The molecule has 7 heteroatoms. The van der Waals surface area contributed by atoms with E-state index in [-0.39, 0.29) is 23.9 Å². The fourth-order valence-electron chi connectivity index (χ4n) is 2.65. The third-order valence-electron chi connectivity index (χ3n) is 3.81. The molecule has 0 aliphatic rings. The van der Waals surface area contributed by atoms with E-state index >= 15 is 0 Å². The first-order chi connectivity index (χ1) is 13.1. The summed E-state index contributed by atoms with van der Waals surface area (Å²) in [6.07, 6.45) is 0. The lowest BCUT2D eigenvalue weighted by atomic mass is 10.1. The average molecular weight is 405 g/mol. The lowest BCUT2D eigenvalue weighted by molar-refractivity contribution is -0.122. The summed E-state index contributed by atoms with van der Waals surface area (Å²) in [5.74, 6) is 0.250. The molecule has 2 aromatic rings. The van der Waals surface area contributed by atoms with Crippen molar-refractivity contribution in [1.82, 2.24) is 9.62 Å². The molecule has 2 aromatic carbocycles. The van der Waals surface area contributed by atoms with E-state index in [9.17, 15) is 13.2 Å². The molecule has 0 unspecified atom stereocenters. The Labute approximate surface area is 167 Å². The van der Waals surface area contributed by atoms with Crippen molar-refractivity contribution in [3.8, 4) is 5.75 Å². The van der Waals surface area contributed by atoms with Crippen molar-refractivity contribution in [2.75, 3.05) is 13.2 Å². The third kappa shape index (κ3) is 6.35. The van der Waals surface area contributed by atoms with Crippen LogP contribution in [0.4, 0.5) is 0 Å². The van der Waals surface area contributed by atoms with Crippen molar-refractivity contribution < 1.29 is 17.9 Å². The van der Waals surface area contributed by atoms with Crippen LogP contribution in [0.25, 0.3) is 0 Å². The maximum atomic E-state index is 13.2. The summed E-state index contributed by atoms with van der Waals surface area (Å²) in [5.41, 5.74) is 0.360. The van der Waals surface area contributed by atoms with E-state index in [0.29, 0.717) is 12.4 Å². The molecule has 2 rings (SSSR count). The van der Waals surface area contributed by atoms with Crippen LogP contribution in [0.1, 0.15) is 33.3 Å². The van der Waals surface area contributed by atoms with Crippen LogP contribution in [0.15, 0.2) is 59.5 Å². The zero-order valence-electron chi connectivity index (χ0n) is 16.8. The van der Waals surface area contributed by atoms with Gasteiger partial charge in [-0.2, -0.15) is 4.31 Å². The second-order valence-corrected chi connectivity index (χ2v) is 9.40. The van der Waals surface area contributed by atoms with Gasteiger partial charge in [-0.05, 0) is 57.5 Å². The molecule has 28 heavy (non-hydrogen) atoms. The van der Waals surface area contributed by atoms with Crippen molar-refractivity contribution in [3.63, 3.8) is 0 Å². The largest absolute Gasteiger partial charge is 0.494 e. The van der Waals surface area contributed by atoms with Gasteiger partial charge in [-0.15, -0.1) is 0 Å². The summed E-state index contributed by atoms with van der Waals surface area (Å²) >= 11 is 0. The average Bonchev–Trinajstić information content (AvgIpc) is 2.61. The standard InChI is InChI=1S/C21H28N2O4S/c1-5-27-18-11-13-19(14-12-18)28(25,26)23(15-17-9-7-6-8-10-17)16-20(24)22-21(2,3)4/h6-14H,5,15-16H2,1-4H3,(H,22,24). The van der Waals surface area contributed by atoms with Crippen molar-refractivity contribution in [2.24, 2.45) is 0 Å². The number of ether oxygens (including phenoxy) is 1. The summed E-state index contributed by atoms with van der Waals surface area (Å²) in [4.78, 5) is 12.6. The van der Waals surface area contributed by atoms with Gasteiger partial charge in [0.15, 0.2) is 0 Å². The van der Waals surface area contributed by atoms with Gasteiger partial charge < -0.3 is 10.1 Å². The number of sulfonamides is 1. The van der Waals surface area contributed by atoms with Gasteiger partial charge in [0, 0.05) is 12.1 Å². The maximum absolute atomic E-state index is 13.2. The maximum Gasteiger partial charge on any atom is 0.243 e. The predicted octanol–water partition coefficient (Wildman–Crippen LogP) is 3.19. The van der Waals surface area contributed by atoms with E-state index in [4.69, 9.17) is 4.74 Å². The minimum absolute atomic E-state index is 0.105. The van der Waals surface area contributed by atoms with Crippen LogP contribution in [0, 0.1) is 0 Å². The predicted molar refractivity (Wildman–Crippen MR) is 110 cm³/mol. The van der Waals surface area contributed by atoms with Crippen molar-refractivity contribution in [3.05, 3.63) is 60.2 Å². The monoisotopic (exact) mass is 404 g/mol. The van der Waals surface area contributed by atoms with Crippen molar-refractivity contribution in [1.29, 1.82) is 0 Å². The smallest absolute Gasteiger partial charge is 0.243 e. The molecule has 0 spiro atoms. The van der Waals surface area contributed by atoms with Crippen molar-refractivity contribution >= 4 is 15.9 Å². The normalized spacial score (nSPS) is 12.0. The Morgan fingerprint density at radius 1 is 1.04 bits per heavy atom. The SMILES string of the molecule is CCOc1ccc(S(=O)(=O)N(CC(=O)NC(C)(C)C)Cc2ccccc2)cc1. The molecule has 1 N–H and O–H groups in total. The number of carbonyl (C=O) groups is 1. The van der Waals surface area contributed by atoms with Crippen LogP contribution < -0.4 is 10.1 Å². The van der Waals surface area contributed by atoms with Crippen LogP contribution in [0.3, 0.4) is 0 Å². The zero-order chi connectivity index (χ0) is 20.8. The Morgan fingerprint density at radius 2 is 1.64 bits per heavy atom. The summed E-state index contributed by atoms with van der Waals surface area (Å²) in [6, 6.07) is 15.4. The van der Waals surface area contributed by atoms with Gasteiger partial charge in [0.1, 0.15) is 5.75 Å². The van der Waals surface area contributed by atoms with Crippen LogP contribution >= 0.6 is 0 Å². The van der Waals surface area contributed by atoms with E-state index in [1.165, 1.54) is 16.4 Å².